The van der Waals surface area contributed by atoms with Crippen molar-refractivity contribution in [1.29, 1.82) is 0 Å². The molecule has 3 rings (SSSR count). The first-order valence-corrected chi connectivity index (χ1v) is 11.3. The van der Waals surface area contributed by atoms with Gasteiger partial charge >= 0.3 is 0 Å². The van der Waals surface area contributed by atoms with Gasteiger partial charge in [-0.2, -0.15) is 0 Å². The Morgan fingerprint density at radius 3 is 2.07 bits per heavy atom. The zero-order chi connectivity index (χ0) is 19.8. The third-order valence-corrected chi connectivity index (χ3v) is 7.01. The molecular weight excluding hydrogens is 350 g/mol. The zero-order valence-corrected chi connectivity index (χ0v) is 17.2. The molecule has 2 fully saturated rings. The van der Waals surface area contributed by atoms with Crippen molar-refractivity contribution >= 4 is 0 Å². The van der Waals surface area contributed by atoms with Crippen LogP contribution in [0.1, 0.15) is 83.1 Å². The van der Waals surface area contributed by atoms with E-state index in [0.717, 1.165) is 29.9 Å². The molecular formula is C26H34F2. The van der Waals surface area contributed by atoms with Crippen molar-refractivity contribution in [2.75, 3.05) is 0 Å². The predicted octanol–water partition coefficient (Wildman–Crippen LogP) is 7.68. The zero-order valence-electron chi connectivity index (χ0n) is 17.2. The molecule has 0 aromatic heterocycles. The van der Waals surface area contributed by atoms with Crippen LogP contribution >= 0.6 is 0 Å². The molecule has 152 valence electrons. The molecule has 0 unspecified atom stereocenters. The summed E-state index contributed by atoms with van der Waals surface area (Å²) >= 11 is 0. The second-order valence-electron chi connectivity index (χ2n) is 8.91. The molecule has 2 aliphatic carbocycles. The lowest BCUT2D eigenvalue weighted by Gasteiger charge is -2.31. The number of allylic oxidation sites excluding steroid dienone is 2. The predicted molar refractivity (Wildman–Crippen MR) is 113 cm³/mol. The van der Waals surface area contributed by atoms with Gasteiger partial charge in [0, 0.05) is 5.56 Å². The van der Waals surface area contributed by atoms with Gasteiger partial charge in [0.05, 0.1) is 0 Å². The Balaban J connectivity index is 1.34. The van der Waals surface area contributed by atoms with Crippen LogP contribution in [-0.2, 0) is 0 Å². The molecule has 0 bridgehead atoms. The largest absolute Gasteiger partial charge is 0.204 e. The van der Waals surface area contributed by atoms with Gasteiger partial charge in [0.25, 0.3) is 0 Å². The maximum atomic E-state index is 13.2. The van der Waals surface area contributed by atoms with Crippen molar-refractivity contribution in [2.45, 2.75) is 77.6 Å². The number of hydrogen-bond donors (Lipinski definition) is 0. The van der Waals surface area contributed by atoms with Gasteiger partial charge in [0.15, 0.2) is 11.6 Å². The average molecular weight is 385 g/mol. The van der Waals surface area contributed by atoms with Gasteiger partial charge in [-0.05, 0) is 73.6 Å². The molecule has 0 nitrogen and oxygen atoms in total. The fourth-order valence-corrected chi connectivity index (χ4v) is 4.95. The van der Waals surface area contributed by atoms with Crippen molar-refractivity contribution in [3.63, 3.8) is 0 Å². The van der Waals surface area contributed by atoms with E-state index in [2.05, 4.69) is 24.8 Å². The SMILES string of the molecule is CC[C@H]1CC[C@H](CCC2CCC(/C=C/C#Cc3ccc(F)c(F)c3)CC2)CC1. The number of hydrogen-bond acceptors (Lipinski definition) is 0. The molecule has 0 aliphatic heterocycles. The van der Waals surface area contributed by atoms with E-state index in [4.69, 9.17) is 0 Å². The van der Waals surface area contributed by atoms with E-state index in [0.29, 0.717) is 11.5 Å². The minimum absolute atomic E-state index is 0.514. The van der Waals surface area contributed by atoms with Crippen LogP contribution in [0, 0.1) is 47.1 Å². The fraction of sp³-hybridized carbons (Fsp3) is 0.615. The van der Waals surface area contributed by atoms with Crippen LogP contribution in [0.25, 0.3) is 0 Å². The Hall–Kier alpha value is -1.62. The molecule has 0 saturated heterocycles. The number of benzene rings is 1. The second kappa shape index (κ2) is 10.8. The van der Waals surface area contributed by atoms with E-state index in [1.54, 1.807) is 0 Å². The first-order valence-electron chi connectivity index (χ1n) is 11.3. The molecule has 2 aliphatic rings. The third kappa shape index (κ3) is 6.47. The highest BCUT2D eigenvalue weighted by Gasteiger charge is 2.23. The second-order valence-corrected chi connectivity index (χ2v) is 8.91. The fourth-order valence-electron chi connectivity index (χ4n) is 4.95. The van der Waals surface area contributed by atoms with Crippen molar-refractivity contribution in [3.8, 4) is 11.8 Å². The minimum atomic E-state index is -0.840. The van der Waals surface area contributed by atoms with E-state index in [-0.39, 0.29) is 0 Å². The molecule has 2 saturated carbocycles. The molecule has 0 heterocycles. The van der Waals surface area contributed by atoms with Gasteiger partial charge in [-0.1, -0.05) is 69.8 Å². The quantitative estimate of drug-likeness (QED) is 0.457. The average Bonchev–Trinajstić information content (AvgIpc) is 2.73. The summed E-state index contributed by atoms with van der Waals surface area (Å²) in [6.45, 7) is 2.34. The summed E-state index contributed by atoms with van der Waals surface area (Å²) in [7, 11) is 0. The molecule has 2 heteroatoms. The van der Waals surface area contributed by atoms with Crippen LogP contribution in [0.4, 0.5) is 8.78 Å². The lowest BCUT2D eigenvalue weighted by atomic mass is 9.75. The number of halogens is 2. The van der Waals surface area contributed by atoms with Gasteiger partial charge in [0.2, 0.25) is 0 Å². The summed E-state index contributed by atoms with van der Waals surface area (Å²) < 4.78 is 26.1. The molecule has 0 spiro atoms. The Labute approximate surface area is 169 Å². The highest BCUT2D eigenvalue weighted by Crippen LogP contribution is 2.37. The van der Waals surface area contributed by atoms with Crippen LogP contribution in [-0.4, -0.2) is 0 Å². The smallest absolute Gasteiger partial charge is 0.160 e. The first-order chi connectivity index (χ1) is 13.6. The highest BCUT2D eigenvalue weighted by atomic mass is 19.2. The lowest BCUT2D eigenvalue weighted by Crippen LogP contribution is -2.17. The summed E-state index contributed by atoms with van der Waals surface area (Å²) in [5, 5.41) is 0. The Bertz CT molecular complexity index is 693. The molecule has 28 heavy (non-hydrogen) atoms. The molecule has 0 amide bonds. The van der Waals surface area contributed by atoms with E-state index < -0.39 is 11.6 Å². The maximum Gasteiger partial charge on any atom is 0.160 e. The normalized spacial score (nSPS) is 28.1. The summed E-state index contributed by atoms with van der Waals surface area (Å²) in [4.78, 5) is 0. The van der Waals surface area contributed by atoms with Gasteiger partial charge in [-0.15, -0.1) is 0 Å². The monoisotopic (exact) mass is 384 g/mol. The first kappa shape index (κ1) is 21.1. The molecule has 0 radical (unpaired) electrons. The van der Waals surface area contributed by atoms with Crippen LogP contribution < -0.4 is 0 Å². The van der Waals surface area contributed by atoms with Crippen LogP contribution in [0.3, 0.4) is 0 Å². The molecule has 1 aromatic rings. The van der Waals surface area contributed by atoms with E-state index in [1.165, 1.54) is 76.7 Å². The molecule has 0 atom stereocenters. The van der Waals surface area contributed by atoms with E-state index in [1.807, 2.05) is 6.08 Å². The summed E-state index contributed by atoms with van der Waals surface area (Å²) in [5.41, 5.74) is 0.514. The Kier molecular flexibility index (Phi) is 8.13. The van der Waals surface area contributed by atoms with Crippen molar-refractivity contribution in [3.05, 3.63) is 47.5 Å². The summed E-state index contributed by atoms with van der Waals surface area (Å²) in [6.07, 6.45) is 19.4. The van der Waals surface area contributed by atoms with Crippen molar-refractivity contribution in [2.24, 2.45) is 23.7 Å². The third-order valence-electron chi connectivity index (χ3n) is 7.01. The standard InChI is InChI=1S/C26H34F2/c1-2-20-7-9-22(10-8-20)15-16-23-13-11-21(12-14-23)5-3-4-6-24-17-18-25(27)26(28)19-24/h3,5,17-23H,2,7-16H2,1H3/b5-3+/t20-,21?,22-,23?. The molecule has 0 N–H and O–H groups in total. The minimum Gasteiger partial charge on any atom is -0.204 e. The van der Waals surface area contributed by atoms with Gasteiger partial charge in [-0.3, -0.25) is 0 Å². The Morgan fingerprint density at radius 2 is 1.46 bits per heavy atom. The van der Waals surface area contributed by atoms with Gasteiger partial charge in [0.1, 0.15) is 0 Å². The molecule has 1 aromatic carbocycles. The number of rotatable bonds is 5. The van der Waals surface area contributed by atoms with Crippen molar-refractivity contribution in [1.82, 2.24) is 0 Å². The Morgan fingerprint density at radius 1 is 0.857 bits per heavy atom. The van der Waals surface area contributed by atoms with Crippen LogP contribution in [0.15, 0.2) is 30.4 Å². The maximum absolute atomic E-state index is 13.2. The summed E-state index contributed by atoms with van der Waals surface area (Å²) in [6, 6.07) is 3.79. The van der Waals surface area contributed by atoms with E-state index in [9.17, 15) is 8.78 Å². The van der Waals surface area contributed by atoms with Crippen molar-refractivity contribution < 1.29 is 8.78 Å². The van der Waals surface area contributed by atoms with Crippen LogP contribution in [0.2, 0.25) is 0 Å². The van der Waals surface area contributed by atoms with Crippen LogP contribution in [0.5, 0.6) is 0 Å². The van der Waals surface area contributed by atoms with E-state index >= 15 is 0 Å². The van der Waals surface area contributed by atoms with Gasteiger partial charge < -0.3 is 0 Å². The van der Waals surface area contributed by atoms with Gasteiger partial charge in [-0.25, -0.2) is 8.78 Å². The lowest BCUT2D eigenvalue weighted by molar-refractivity contribution is 0.224. The topological polar surface area (TPSA) is 0 Å². The summed E-state index contributed by atoms with van der Waals surface area (Å²) in [5.74, 6) is 7.71. The highest BCUT2D eigenvalue weighted by molar-refractivity contribution is 5.37.